The number of allylic oxidation sites excluding steroid dienone is 1. The molecule has 0 aromatic carbocycles. The van der Waals surface area contributed by atoms with Gasteiger partial charge in [-0.1, -0.05) is 26.2 Å². The molecule has 19 heavy (non-hydrogen) atoms. The minimum atomic E-state index is -1.00. The standard InChI is InChI=1S/C14H26O5/c1-2-3-4-5-6-7-8-18-12(9-15)14-13(17)11(16)10-19-14/h7-8,11-17H,2-6,9-10H2,1H3/b8-7+/t11-,12+,13-,14-/m0/s1. The molecule has 0 bridgehead atoms. The Kier molecular flexibility index (Phi) is 8.05. The van der Waals surface area contributed by atoms with Gasteiger partial charge in [-0.2, -0.15) is 0 Å². The predicted molar refractivity (Wildman–Crippen MR) is 71.6 cm³/mol. The molecular weight excluding hydrogens is 248 g/mol. The zero-order valence-electron chi connectivity index (χ0n) is 11.6. The zero-order valence-corrected chi connectivity index (χ0v) is 11.6. The Balaban J connectivity index is 2.23. The van der Waals surface area contributed by atoms with Crippen LogP contribution in [0, 0.1) is 0 Å². The van der Waals surface area contributed by atoms with Gasteiger partial charge >= 0.3 is 0 Å². The first kappa shape index (κ1) is 16.4. The summed E-state index contributed by atoms with van der Waals surface area (Å²) in [6.07, 6.45) is 5.97. The summed E-state index contributed by atoms with van der Waals surface area (Å²) in [6.45, 7) is 1.99. The van der Waals surface area contributed by atoms with Crippen molar-refractivity contribution in [3.63, 3.8) is 0 Å². The highest BCUT2D eigenvalue weighted by Crippen LogP contribution is 2.19. The Bertz CT molecular complexity index is 256. The lowest BCUT2D eigenvalue weighted by molar-refractivity contribution is -0.0737. The van der Waals surface area contributed by atoms with Crippen LogP contribution in [0.3, 0.4) is 0 Å². The number of aliphatic hydroxyl groups is 3. The van der Waals surface area contributed by atoms with Crippen molar-refractivity contribution in [3.8, 4) is 0 Å². The lowest BCUT2D eigenvalue weighted by Gasteiger charge is -2.23. The van der Waals surface area contributed by atoms with Gasteiger partial charge in [0, 0.05) is 0 Å². The number of unbranched alkanes of at least 4 members (excludes halogenated alkanes) is 4. The van der Waals surface area contributed by atoms with Crippen molar-refractivity contribution in [2.24, 2.45) is 0 Å². The van der Waals surface area contributed by atoms with Crippen LogP contribution in [0.15, 0.2) is 12.3 Å². The molecule has 0 radical (unpaired) electrons. The second-order valence-corrected chi connectivity index (χ2v) is 4.93. The Hall–Kier alpha value is -0.620. The van der Waals surface area contributed by atoms with Gasteiger partial charge in [0.2, 0.25) is 0 Å². The number of ether oxygens (including phenoxy) is 2. The molecule has 0 unspecified atom stereocenters. The molecule has 0 amide bonds. The van der Waals surface area contributed by atoms with Crippen LogP contribution in [0.2, 0.25) is 0 Å². The summed E-state index contributed by atoms with van der Waals surface area (Å²) in [6, 6.07) is 0. The molecule has 1 aliphatic heterocycles. The van der Waals surface area contributed by atoms with E-state index in [4.69, 9.17) is 9.47 Å². The van der Waals surface area contributed by atoms with Gasteiger partial charge in [0.15, 0.2) is 0 Å². The zero-order chi connectivity index (χ0) is 14.1. The Labute approximate surface area is 114 Å². The van der Waals surface area contributed by atoms with Crippen LogP contribution in [0.25, 0.3) is 0 Å². The van der Waals surface area contributed by atoms with Crippen molar-refractivity contribution in [2.45, 2.75) is 63.4 Å². The fourth-order valence-electron chi connectivity index (χ4n) is 2.09. The first-order chi connectivity index (χ1) is 9.20. The van der Waals surface area contributed by atoms with Crippen LogP contribution in [-0.2, 0) is 9.47 Å². The maximum Gasteiger partial charge on any atom is 0.149 e. The van der Waals surface area contributed by atoms with Crippen molar-refractivity contribution in [1.29, 1.82) is 0 Å². The molecule has 3 N–H and O–H groups in total. The average Bonchev–Trinajstić information content (AvgIpc) is 2.74. The topological polar surface area (TPSA) is 79.2 Å². The average molecular weight is 274 g/mol. The molecule has 0 saturated carbocycles. The maximum atomic E-state index is 9.67. The molecule has 1 saturated heterocycles. The van der Waals surface area contributed by atoms with Gasteiger partial charge in [-0.15, -0.1) is 0 Å². The highest BCUT2D eigenvalue weighted by atomic mass is 16.6. The van der Waals surface area contributed by atoms with Crippen molar-refractivity contribution >= 4 is 0 Å². The molecule has 0 aromatic rings. The van der Waals surface area contributed by atoms with Crippen molar-refractivity contribution in [3.05, 3.63) is 12.3 Å². The molecule has 1 fully saturated rings. The monoisotopic (exact) mass is 274 g/mol. The molecule has 4 atom stereocenters. The van der Waals surface area contributed by atoms with Crippen molar-refractivity contribution < 1.29 is 24.8 Å². The van der Waals surface area contributed by atoms with E-state index in [1.54, 1.807) is 6.26 Å². The normalized spacial score (nSPS) is 28.9. The van der Waals surface area contributed by atoms with E-state index in [1.807, 2.05) is 6.08 Å². The van der Waals surface area contributed by atoms with Gasteiger partial charge in [-0.3, -0.25) is 0 Å². The molecule has 5 nitrogen and oxygen atoms in total. The molecule has 5 heteroatoms. The van der Waals surface area contributed by atoms with E-state index in [1.165, 1.54) is 19.3 Å². The van der Waals surface area contributed by atoms with Crippen LogP contribution in [0.5, 0.6) is 0 Å². The van der Waals surface area contributed by atoms with Crippen LogP contribution in [-0.4, -0.2) is 52.9 Å². The van der Waals surface area contributed by atoms with Crippen LogP contribution in [0.1, 0.15) is 39.0 Å². The molecular formula is C14H26O5. The van der Waals surface area contributed by atoms with Gasteiger partial charge in [0.25, 0.3) is 0 Å². The van der Waals surface area contributed by atoms with Gasteiger partial charge < -0.3 is 24.8 Å². The van der Waals surface area contributed by atoms with Gasteiger partial charge in [0.05, 0.1) is 19.5 Å². The molecule has 1 heterocycles. The van der Waals surface area contributed by atoms with Crippen molar-refractivity contribution in [1.82, 2.24) is 0 Å². The summed E-state index contributed by atoms with van der Waals surface area (Å²) in [5.74, 6) is 0. The van der Waals surface area contributed by atoms with Crippen LogP contribution < -0.4 is 0 Å². The Morgan fingerprint density at radius 2 is 2.11 bits per heavy atom. The maximum absolute atomic E-state index is 9.67. The molecule has 0 aliphatic carbocycles. The quantitative estimate of drug-likeness (QED) is 0.431. The lowest BCUT2D eigenvalue weighted by atomic mass is 10.1. The van der Waals surface area contributed by atoms with Crippen LogP contribution >= 0.6 is 0 Å². The van der Waals surface area contributed by atoms with E-state index in [0.29, 0.717) is 0 Å². The van der Waals surface area contributed by atoms with E-state index in [9.17, 15) is 15.3 Å². The van der Waals surface area contributed by atoms with E-state index in [0.717, 1.165) is 12.8 Å². The van der Waals surface area contributed by atoms with Gasteiger partial charge in [0.1, 0.15) is 24.4 Å². The number of hydrogen-bond donors (Lipinski definition) is 3. The second kappa shape index (κ2) is 9.31. The number of hydrogen-bond acceptors (Lipinski definition) is 5. The van der Waals surface area contributed by atoms with E-state index in [-0.39, 0.29) is 13.2 Å². The number of rotatable bonds is 9. The second-order valence-electron chi connectivity index (χ2n) is 4.93. The Morgan fingerprint density at radius 3 is 2.68 bits per heavy atom. The van der Waals surface area contributed by atoms with E-state index < -0.39 is 24.4 Å². The van der Waals surface area contributed by atoms with Crippen LogP contribution in [0.4, 0.5) is 0 Å². The summed E-state index contributed by atoms with van der Waals surface area (Å²) < 4.78 is 10.6. The third kappa shape index (κ3) is 5.48. The highest BCUT2D eigenvalue weighted by molar-refractivity contribution is 4.90. The largest absolute Gasteiger partial charge is 0.493 e. The fraction of sp³-hybridized carbons (Fsp3) is 0.857. The summed E-state index contributed by atoms with van der Waals surface area (Å²) in [5, 5.41) is 28.3. The summed E-state index contributed by atoms with van der Waals surface area (Å²) in [5.41, 5.74) is 0. The SMILES string of the molecule is CCCCCC/C=C/O[C@H](CO)[C@@H]1OC[C@H](O)[C@@H]1O. The molecule has 1 rings (SSSR count). The highest BCUT2D eigenvalue weighted by Gasteiger charge is 2.40. The van der Waals surface area contributed by atoms with E-state index in [2.05, 4.69) is 6.92 Å². The molecule has 0 spiro atoms. The first-order valence-electron chi connectivity index (χ1n) is 7.09. The smallest absolute Gasteiger partial charge is 0.149 e. The minimum absolute atomic E-state index is 0.0758. The lowest BCUT2D eigenvalue weighted by Crippen LogP contribution is -2.41. The van der Waals surface area contributed by atoms with Gasteiger partial charge in [-0.05, 0) is 18.9 Å². The number of aliphatic hydroxyl groups excluding tert-OH is 3. The molecule has 1 aliphatic rings. The predicted octanol–water partition coefficient (Wildman–Crippen LogP) is 0.969. The minimum Gasteiger partial charge on any atom is -0.493 e. The van der Waals surface area contributed by atoms with Crippen molar-refractivity contribution in [2.75, 3.05) is 13.2 Å². The molecule has 112 valence electrons. The summed E-state index contributed by atoms with van der Waals surface area (Å²) in [7, 11) is 0. The first-order valence-corrected chi connectivity index (χ1v) is 7.09. The van der Waals surface area contributed by atoms with Gasteiger partial charge in [-0.25, -0.2) is 0 Å². The third-order valence-corrected chi connectivity index (χ3v) is 3.31. The van der Waals surface area contributed by atoms with E-state index >= 15 is 0 Å². The summed E-state index contributed by atoms with van der Waals surface area (Å²) in [4.78, 5) is 0. The fourth-order valence-corrected chi connectivity index (χ4v) is 2.09. The molecule has 0 aromatic heterocycles. The summed E-state index contributed by atoms with van der Waals surface area (Å²) >= 11 is 0. The third-order valence-electron chi connectivity index (χ3n) is 3.31. The Morgan fingerprint density at radius 1 is 1.32 bits per heavy atom.